The molecule has 2 aromatic rings. The van der Waals surface area contributed by atoms with E-state index in [9.17, 15) is 8.78 Å². The van der Waals surface area contributed by atoms with Crippen LogP contribution in [0.3, 0.4) is 0 Å². The van der Waals surface area contributed by atoms with Crippen molar-refractivity contribution in [1.29, 1.82) is 5.26 Å². The third kappa shape index (κ3) is 6.76. The fourth-order valence-corrected chi connectivity index (χ4v) is 2.45. The Morgan fingerprint density at radius 1 is 1.07 bits per heavy atom. The molecule has 0 amide bonds. The van der Waals surface area contributed by atoms with Crippen molar-refractivity contribution in [2.24, 2.45) is 0 Å². The molecule has 0 heterocycles. The number of benzene rings is 2. The molecule has 0 bridgehead atoms. The topological polar surface area (TPSA) is 54.7 Å². The van der Waals surface area contributed by atoms with Gasteiger partial charge in [-0.3, -0.25) is 4.90 Å². The Morgan fingerprint density at radius 3 is 2.44 bits per heavy atom. The zero-order valence-corrected chi connectivity index (χ0v) is 15.3. The van der Waals surface area contributed by atoms with Crippen molar-refractivity contribution in [2.75, 3.05) is 26.8 Å². The molecule has 2 rings (SSSR count). The number of ether oxygens (including phenoxy) is 3. The van der Waals surface area contributed by atoms with Crippen LogP contribution in [0.2, 0.25) is 0 Å². The number of nitrogens with zero attached hydrogens (tertiary/aromatic N) is 2. The standard InChI is InChI=1S/C20H22F2N2O3/c1-3-25-19-12-16(6-9-18(19)27-20(21)22)14-24(2)10-11-26-17-7-4-15(13-23)5-8-17/h4-9,12,20H,3,10-11,14H2,1-2H3. The third-order valence-electron chi connectivity index (χ3n) is 3.70. The number of likely N-dealkylation sites (N-methyl/N-ethyl adjacent to an activating group) is 1. The molecule has 0 fully saturated rings. The Kier molecular flexibility index (Phi) is 7.83. The van der Waals surface area contributed by atoms with Crippen LogP contribution in [0.25, 0.3) is 0 Å². The summed E-state index contributed by atoms with van der Waals surface area (Å²) in [5.41, 5.74) is 1.50. The highest BCUT2D eigenvalue weighted by Gasteiger charge is 2.12. The van der Waals surface area contributed by atoms with Crippen LogP contribution >= 0.6 is 0 Å². The summed E-state index contributed by atoms with van der Waals surface area (Å²) in [7, 11) is 1.94. The fourth-order valence-electron chi connectivity index (χ4n) is 2.45. The molecule has 0 aliphatic rings. The number of nitriles is 1. The van der Waals surface area contributed by atoms with E-state index in [1.54, 1.807) is 43.3 Å². The molecule has 27 heavy (non-hydrogen) atoms. The van der Waals surface area contributed by atoms with E-state index in [-0.39, 0.29) is 5.75 Å². The van der Waals surface area contributed by atoms with Crippen molar-refractivity contribution in [1.82, 2.24) is 4.90 Å². The van der Waals surface area contributed by atoms with Crippen LogP contribution < -0.4 is 14.2 Å². The highest BCUT2D eigenvalue weighted by molar-refractivity contribution is 5.43. The number of hydrogen-bond donors (Lipinski definition) is 0. The molecule has 0 aliphatic carbocycles. The van der Waals surface area contributed by atoms with E-state index in [0.29, 0.717) is 43.4 Å². The van der Waals surface area contributed by atoms with Gasteiger partial charge in [-0.2, -0.15) is 14.0 Å². The molecule has 0 N–H and O–H groups in total. The second kappa shape index (κ2) is 10.3. The highest BCUT2D eigenvalue weighted by atomic mass is 19.3. The molecule has 0 atom stereocenters. The average molecular weight is 376 g/mol. The predicted octanol–water partition coefficient (Wildman–Crippen LogP) is 4.07. The summed E-state index contributed by atoms with van der Waals surface area (Å²) in [4.78, 5) is 2.04. The zero-order chi connectivity index (χ0) is 19.6. The van der Waals surface area contributed by atoms with Crippen LogP contribution in [0.4, 0.5) is 8.78 Å². The summed E-state index contributed by atoms with van der Waals surface area (Å²) >= 11 is 0. The molecule has 0 saturated carbocycles. The second-order valence-electron chi connectivity index (χ2n) is 5.82. The Bertz CT molecular complexity index is 761. The first-order valence-electron chi connectivity index (χ1n) is 8.54. The van der Waals surface area contributed by atoms with Crippen molar-refractivity contribution in [3.8, 4) is 23.3 Å². The van der Waals surface area contributed by atoms with Gasteiger partial charge in [0.25, 0.3) is 0 Å². The molecule has 144 valence electrons. The van der Waals surface area contributed by atoms with Gasteiger partial charge in [-0.15, -0.1) is 0 Å². The normalized spacial score (nSPS) is 10.7. The lowest BCUT2D eigenvalue weighted by Gasteiger charge is -2.18. The Morgan fingerprint density at radius 2 is 1.81 bits per heavy atom. The molecule has 7 heteroatoms. The van der Waals surface area contributed by atoms with Crippen molar-refractivity contribution >= 4 is 0 Å². The largest absolute Gasteiger partial charge is 0.492 e. The molecular weight excluding hydrogens is 354 g/mol. The number of halogens is 2. The Hall–Kier alpha value is -2.85. The van der Waals surface area contributed by atoms with Gasteiger partial charge in [0.2, 0.25) is 0 Å². The number of hydrogen-bond acceptors (Lipinski definition) is 5. The van der Waals surface area contributed by atoms with Gasteiger partial charge < -0.3 is 14.2 Å². The van der Waals surface area contributed by atoms with Crippen LogP contribution in [0.1, 0.15) is 18.1 Å². The van der Waals surface area contributed by atoms with E-state index in [1.807, 2.05) is 11.9 Å². The maximum absolute atomic E-state index is 12.5. The lowest BCUT2D eigenvalue weighted by molar-refractivity contribution is -0.0514. The average Bonchev–Trinajstić information content (AvgIpc) is 2.64. The summed E-state index contributed by atoms with van der Waals surface area (Å²) in [5, 5.41) is 8.78. The summed E-state index contributed by atoms with van der Waals surface area (Å²) in [6.07, 6.45) is 0. The fraction of sp³-hybridized carbons (Fsp3) is 0.350. The van der Waals surface area contributed by atoms with E-state index < -0.39 is 6.61 Å². The molecular formula is C20H22F2N2O3. The van der Waals surface area contributed by atoms with E-state index >= 15 is 0 Å². The summed E-state index contributed by atoms with van der Waals surface area (Å²) in [6.45, 7) is 0.998. The van der Waals surface area contributed by atoms with Crippen molar-refractivity contribution in [2.45, 2.75) is 20.1 Å². The first-order valence-corrected chi connectivity index (χ1v) is 8.54. The number of rotatable bonds is 10. The first kappa shape index (κ1) is 20.5. The maximum Gasteiger partial charge on any atom is 0.387 e. The smallest absolute Gasteiger partial charge is 0.387 e. The van der Waals surface area contributed by atoms with E-state index in [4.69, 9.17) is 14.7 Å². The van der Waals surface area contributed by atoms with Crippen LogP contribution in [0.5, 0.6) is 17.2 Å². The molecule has 0 saturated heterocycles. The van der Waals surface area contributed by atoms with Crippen LogP contribution in [0.15, 0.2) is 42.5 Å². The van der Waals surface area contributed by atoms with Gasteiger partial charge in [0, 0.05) is 13.1 Å². The van der Waals surface area contributed by atoms with Gasteiger partial charge in [-0.05, 0) is 55.9 Å². The molecule has 0 radical (unpaired) electrons. The van der Waals surface area contributed by atoms with Gasteiger partial charge in [0.1, 0.15) is 12.4 Å². The zero-order valence-electron chi connectivity index (χ0n) is 15.3. The molecule has 0 aliphatic heterocycles. The van der Waals surface area contributed by atoms with Crippen molar-refractivity contribution < 1.29 is 23.0 Å². The van der Waals surface area contributed by atoms with Crippen LogP contribution in [-0.4, -0.2) is 38.3 Å². The van der Waals surface area contributed by atoms with Gasteiger partial charge in [0.15, 0.2) is 11.5 Å². The minimum absolute atomic E-state index is 0.0300. The van der Waals surface area contributed by atoms with E-state index in [2.05, 4.69) is 10.8 Å². The lowest BCUT2D eigenvalue weighted by Crippen LogP contribution is -2.23. The van der Waals surface area contributed by atoms with Gasteiger partial charge >= 0.3 is 6.61 Å². The second-order valence-corrected chi connectivity index (χ2v) is 5.82. The molecule has 5 nitrogen and oxygen atoms in total. The molecule has 0 unspecified atom stereocenters. The van der Waals surface area contributed by atoms with Gasteiger partial charge in [-0.1, -0.05) is 6.07 Å². The van der Waals surface area contributed by atoms with Crippen LogP contribution in [0, 0.1) is 11.3 Å². The quantitative estimate of drug-likeness (QED) is 0.626. The summed E-state index contributed by atoms with van der Waals surface area (Å²) in [6, 6.07) is 13.9. The SMILES string of the molecule is CCOc1cc(CN(C)CCOc2ccc(C#N)cc2)ccc1OC(F)F. The monoisotopic (exact) mass is 376 g/mol. The predicted molar refractivity (Wildman–Crippen MR) is 97.2 cm³/mol. The minimum Gasteiger partial charge on any atom is -0.492 e. The number of alkyl halides is 2. The van der Waals surface area contributed by atoms with Crippen molar-refractivity contribution in [3.05, 3.63) is 53.6 Å². The van der Waals surface area contributed by atoms with E-state index in [1.165, 1.54) is 6.07 Å². The molecule has 0 spiro atoms. The van der Waals surface area contributed by atoms with E-state index in [0.717, 1.165) is 5.56 Å². The highest BCUT2D eigenvalue weighted by Crippen LogP contribution is 2.30. The Balaban J connectivity index is 1.87. The lowest BCUT2D eigenvalue weighted by atomic mass is 10.2. The summed E-state index contributed by atoms with van der Waals surface area (Å²) < 4.78 is 40.4. The van der Waals surface area contributed by atoms with Gasteiger partial charge in [0.05, 0.1) is 18.2 Å². The van der Waals surface area contributed by atoms with Crippen molar-refractivity contribution in [3.63, 3.8) is 0 Å². The third-order valence-corrected chi connectivity index (χ3v) is 3.70. The first-order chi connectivity index (χ1) is 13.0. The molecule has 2 aromatic carbocycles. The minimum atomic E-state index is -2.89. The molecule has 0 aromatic heterocycles. The maximum atomic E-state index is 12.5. The summed E-state index contributed by atoms with van der Waals surface area (Å²) in [5.74, 6) is 1.04. The van der Waals surface area contributed by atoms with Gasteiger partial charge in [-0.25, -0.2) is 0 Å². The van der Waals surface area contributed by atoms with Crippen LogP contribution in [-0.2, 0) is 6.54 Å². The Labute approximate surface area is 157 Å².